The smallest absolute Gasteiger partial charge is 0.200 e. The van der Waals surface area contributed by atoms with Crippen molar-refractivity contribution in [3.63, 3.8) is 0 Å². The summed E-state index contributed by atoms with van der Waals surface area (Å²) in [7, 11) is 1.30. The molecule has 0 aliphatic rings. The molecule has 2 aromatic carbocycles. The lowest BCUT2D eigenvalue weighted by Crippen LogP contribution is -1.93. The summed E-state index contributed by atoms with van der Waals surface area (Å²) in [5.74, 6) is -4.19. The Balaban J connectivity index is 2.62. The standard InChI is InChI=1S/C13H9F3O2/c1-18-11-4-2-3-8(12(11)15)7-5-9(14)13(16)10(17)6-7/h2-6,17H,1H3. The van der Waals surface area contributed by atoms with Gasteiger partial charge in [-0.05, 0) is 23.8 Å². The fourth-order valence-electron chi connectivity index (χ4n) is 1.62. The Bertz CT molecular complexity index is 574. The fourth-order valence-corrected chi connectivity index (χ4v) is 1.62. The third-order valence-corrected chi connectivity index (χ3v) is 2.50. The van der Waals surface area contributed by atoms with Gasteiger partial charge in [-0.25, -0.2) is 8.78 Å². The molecule has 0 aromatic heterocycles. The maximum absolute atomic E-state index is 13.9. The first-order chi connectivity index (χ1) is 8.54. The van der Waals surface area contributed by atoms with Gasteiger partial charge in [0.05, 0.1) is 7.11 Å². The van der Waals surface area contributed by atoms with Gasteiger partial charge in [0.25, 0.3) is 0 Å². The van der Waals surface area contributed by atoms with Crippen molar-refractivity contribution >= 4 is 0 Å². The fraction of sp³-hybridized carbons (Fsp3) is 0.0769. The first-order valence-electron chi connectivity index (χ1n) is 5.05. The van der Waals surface area contributed by atoms with E-state index >= 15 is 0 Å². The molecule has 94 valence electrons. The number of phenolic OH excluding ortho intramolecular Hbond substituents is 1. The molecule has 0 saturated heterocycles. The van der Waals surface area contributed by atoms with Gasteiger partial charge in [-0.1, -0.05) is 12.1 Å². The Labute approximate surface area is 101 Å². The van der Waals surface area contributed by atoms with Crippen LogP contribution in [0.1, 0.15) is 0 Å². The topological polar surface area (TPSA) is 29.5 Å². The molecule has 0 saturated carbocycles. The van der Waals surface area contributed by atoms with Crippen LogP contribution in [0.4, 0.5) is 13.2 Å². The molecule has 2 nitrogen and oxygen atoms in total. The van der Waals surface area contributed by atoms with Crippen molar-refractivity contribution in [1.29, 1.82) is 0 Å². The van der Waals surface area contributed by atoms with E-state index in [4.69, 9.17) is 4.74 Å². The summed E-state index contributed by atoms with van der Waals surface area (Å²) in [6.07, 6.45) is 0. The Morgan fingerprint density at radius 3 is 2.39 bits per heavy atom. The van der Waals surface area contributed by atoms with Crippen LogP contribution in [0.2, 0.25) is 0 Å². The van der Waals surface area contributed by atoms with E-state index < -0.39 is 23.2 Å². The van der Waals surface area contributed by atoms with Crippen molar-refractivity contribution in [1.82, 2.24) is 0 Å². The van der Waals surface area contributed by atoms with Crippen molar-refractivity contribution in [2.45, 2.75) is 0 Å². The predicted octanol–water partition coefficient (Wildman–Crippen LogP) is 3.49. The zero-order valence-corrected chi connectivity index (χ0v) is 9.38. The van der Waals surface area contributed by atoms with E-state index in [2.05, 4.69) is 0 Å². The van der Waals surface area contributed by atoms with Gasteiger partial charge in [0.1, 0.15) is 0 Å². The van der Waals surface area contributed by atoms with E-state index in [1.165, 1.54) is 25.3 Å². The maximum Gasteiger partial charge on any atom is 0.200 e. The van der Waals surface area contributed by atoms with Crippen LogP contribution in [0.15, 0.2) is 30.3 Å². The van der Waals surface area contributed by atoms with Gasteiger partial charge in [-0.3, -0.25) is 0 Å². The average molecular weight is 254 g/mol. The van der Waals surface area contributed by atoms with E-state index in [9.17, 15) is 18.3 Å². The highest BCUT2D eigenvalue weighted by Gasteiger charge is 2.15. The lowest BCUT2D eigenvalue weighted by molar-refractivity contribution is 0.387. The van der Waals surface area contributed by atoms with E-state index in [0.717, 1.165) is 12.1 Å². The quantitative estimate of drug-likeness (QED) is 0.888. The SMILES string of the molecule is COc1cccc(-c2cc(O)c(F)c(F)c2)c1F. The molecule has 18 heavy (non-hydrogen) atoms. The van der Waals surface area contributed by atoms with Gasteiger partial charge in [-0.2, -0.15) is 4.39 Å². The number of ether oxygens (including phenoxy) is 1. The number of rotatable bonds is 2. The Morgan fingerprint density at radius 2 is 1.78 bits per heavy atom. The van der Waals surface area contributed by atoms with Crippen molar-refractivity contribution in [3.05, 3.63) is 47.8 Å². The van der Waals surface area contributed by atoms with Crippen LogP contribution in [0.5, 0.6) is 11.5 Å². The molecule has 0 atom stereocenters. The molecule has 0 spiro atoms. The Hall–Kier alpha value is -2.17. The minimum atomic E-state index is -1.36. The third-order valence-electron chi connectivity index (χ3n) is 2.50. The summed E-state index contributed by atoms with van der Waals surface area (Å²) in [5.41, 5.74) is 0.0475. The molecule has 0 fully saturated rings. The Kier molecular flexibility index (Phi) is 3.14. The van der Waals surface area contributed by atoms with Gasteiger partial charge in [0, 0.05) is 5.56 Å². The maximum atomic E-state index is 13.9. The molecule has 0 aliphatic carbocycles. The number of methoxy groups -OCH3 is 1. The van der Waals surface area contributed by atoms with Gasteiger partial charge in [0.15, 0.2) is 29.0 Å². The van der Waals surface area contributed by atoms with Gasteiger partial charge in [0.2, 0.25) is 0 Å². The molecule has 0 unspecified atom stereocenters. The summed E-state index contributed by atoms with van der Waals surface area (Å²) in [6.45, 7) is 0. The van der Waals surface area contributed by atoms with Crippen molar-refractivity contribution in [3.8, 4) is 22.6 Å². The first kappa shape index (κ1) is 12.3. The van der Waals surface area contributed by atoms with Crippen molar-refractivity contribution in [2.24, 2.45) is 0 Å². The second kappa shape index (κ2) is 4.60. The highest BCUT2D eigenvalue weighted by Crippen LogP contribution is 2.32. The molecule has 1 N–H and O–H groups in total. The van der Waals surface area contributed by atoms with Crippen LogP contribution in [0.25, 0.3) is 11.1 Å². The summed E-state index contributed by atoms with van der Waals surface area (Å²) in [5, 5.41) is 9.19. The number of benzene rings is 2. The summed E-state index contributed by atoms with van der Waals surface area (Å²) in [4.78, 5) is 0. The first-order valence-corrected chi connectivity index (χ1v) is 5.05. The highest BCUT2D eigenvalue weighted by molar-refractivity contribution is 5.67. The van der Waals surface area contributed by atoms with E-state index in [1.807, 2.05) is 0 Å². The third kappa shape index (κ3) is 1.99. The Morgan fingerprint density at radius 1 is 1.06 bits per heavy atom. The number of hydrogen-bond acceptors (Lipinski definition) is 2. The summed E-state index contributed by atoms with van der Waals surface area (Å²) in [6, 6.07) is 6.06. The number of halogens is 3. The molecule has 0 amide bonds. The van der Waals surface area contributed by atoms with E-state index in [0.29, 0.717) is 0 Å². The monoisotopic (exact) mass is 254 g/mol. The predicted molar refractivity (Wildman–Crippen MR) is 60.0 cm³/mol. The number of aromatic hydroxyl groups is 1. The minimum Gasteiger partial charge on any atom is -0.505 e. The lowest BCUT2D eigenvalue weighted by atomic mass is 10.0. The molecular weight excluding hydrogens is 245 g/mol. The molecule has 2 aromatic rings. The number of phenols is 1. The van der Waals surface area contributed by atoms with Crippen molar-refractivity contribution in [2.75, 3.05) is 7.11 Å². The number of hydrogen-bond donors (Lipinski definition) is 1. The average Bonchev–Trinajstić information content (AvgIpc) is 2.35. The van der Waals surface area contributed by atoms with Crippen molar-refractivity contribution < 1.29 is 23.0 Å². The molecule has 0 radical (unpaired) electrons. The zero-order valence-electron chi connectivity index (χ0n) is 9.38. The largest absolute Gasteiger partial charge is 0.505 e. The highest BCUT2D eigenvalue weighted by atomic mass is 19.2. The van der Waals surface area contributed by atoms with Crippen LogP contribution in [-0.4, -0.2) is 12.2 Å². The molecule has 2 rings (SSSR count). The second-order valence-electron chi connectivity index (χ2n) is 3.61. The van der Waals surface area contributed by atoms with Gasteiger partial charge < -0.3 is 9.84 Å². The zero-order chi connectivity index (χ0) is 13.3. The van der Waals surface area contributed by atoms with Crippen LogP contribution in [0, 0.1) is 17.5 Å². The van der Waals surface area contributed by atoms with Crippen LogP contribution >= 0.6 is 0 Å². The van der Waals surface area contributed by atoms with Crippen LogP contribution < -0.4 is 4.74 Å². The van der Waals surface area contributed by atoms with Crippen LogP contribution in [0.3, 0.4) is 0 Å². The summed E-state index contributed by atoms with van der Waals surface area (Å²) >= 11 is 0. The second-order valence-corrected chi connectivity index (χ2v) is 3.61. The molecule has 0 aliphatic heterocycles. The normalized spacial score (nSPS) is 10.4. The molecule has 0 bridgehead atoms. The van der Waals surface area contributed by atoms with E-state index in [-0.39, 0.29) is 16.9 Å². The minimum absolute atomic E-state index is 0.0169. The van der Waals surface area contributed by atoms with Crippen LogP contribution in [-0.2, 0) is 0 Å². The molecule has 0 heterocycles. The molecular formula is C13H9F3O2. The van der Waals surface area contributed by atoms with Gasteiger partial charge in [-0.15, -0.1) is 0 Å². The van der Waals surface area contributed by atoms with E-state index in [1.54, 1.807) is 0 Å². The summed E-state index contributed by atoms with van der Waals surface area (Å²) < 4.78 is 44.8. The lowest BCUT2D eigenvalue weighted by Gasteiger charge is -2.08. The van der Waals surface area contributed by atoms with Gasteiger partial charge >= 0.3 is 0 Å². The molecule has 5 heteroatoms.